The lowest BCUT2D eigenvalue weighted by molar-refractivity contribution is 0.0994. The van der Waals surface area contributed by atoms with Crippen molar-refractivity contribution in [3.63, 3.8) is 0 Å². The number of rotatable bonds is 6. The number of pyridine rings is 1. The van der Waals surface area contributed by atoms with Crippen molar-refractivity contribution in [3.05, 3.63) is 53.2 Å². The molecule has 0 saturated carbocycles. The number of nitrogens with zero attached hydrogens (tertiary/aromatic N) is 2. The number of hydrogen-bond donors (Lipinski definition) is 0. The van der Waals surface area contributed by atoms with E-state index >= 15 is 0 Å². The zero-order valence-corrected chi connectivity index (χ0v) is 17.6. The number of carbonyl (C=O) groups is 1. The minimum atomic E-state index is -3.45. The molecule has 2 aromatic rings. The van der Waals surface area contributed by atoms with Gasteiger partial charge in [0.2, 0.25) is 10.0 Å². The number of Topliss-reactive ketones (excluding diaryl/α,β-unsaturated/α-hetero) is 1. The highest BCUT2D eigenvalue weighted by Gasteiger charge is 2.27. The predicted octanol–water partition coefficient (Wildman–Crippen LogP) is 3.72. The van der Waals surface area contributed by atoms with E-state index in [-0.39, 0.29) is 15.9 Å². The van der Waals surface area contributed by atoms with E-state index in [1.807, 2.05) is 19.1 Å². The number of ketones is 1. The molecule has 1 fully saturated rings. The number of hydrogen-bond acceptors (Lipinski definition) is 5. The smallest absolute Gasteiger partial charge is 0.244 e. The van der Waals surface area contributed by atoms with Crippen LogP contribution in [0.5, 0.6) is 0 Å². The van der Waals surface area contributed by atoms with E-state index in [4.69, 9.17) is 0 Å². The first kappa shape index (κ1) is 19.6. The van der Waals surface area contributed by atoms with Crippen LogP contribution < -0.4 is 0 Å². The molecule has 5 nitrogen and oxygen atoms in total. The van der Waals surface area contributed by atoms with Crippen LogP contribution in [0.15, 0.2) is 46.5 Å². The Morgan fingerprint density at radius 3 is 2.54 bits per heavy atom. The molecule has 1 atom stereocenters. The Morgan fingerprint density at radius 2 is 1.82 bits per heavy atom. The van der Waals surface area contributed by atoms with Gasteiger partial charge in [0.15, 0.2) is 5.78 Å². The molecule has 0 amide bonds. The van der Waals surface area contributed by atoms with Crippen LogP contribution in [-0.4, -0.2) is 41.8 Å². The van der Waals surface area contributed by atoms with Crippen molar-refractivity contribution < 1.29 is 13.2 Å². The maximum Gasteiger partial charge on any atom is 0.244 e. The van der Waals surface area contributed by atoms with Crippen molar-refractivity contribution in [2.24, 2.45) is 0 Å². The van der Waals surface area contributed by atoms with Gasteiger partial charge in [0.05, 0.1) is 10.3 Å². The third-order valence-corrected chi connectivity index (χ3v) is 8.39. The van der Waals surface area contributed by atoms with Gasteiger partial charge in [0.1, 0.15) is 4.90 Å². The molecule has 1 aliphatic heterocycles. The van der Waals surface area contributed by atoms with Gasteiger partial charge < -0.3 is 0 Å². The number of aromatic nitrogens is 1. The molecule has 0 radical (unpaired) electrons. The first-order valence-corrected chi connectivity index (χ1v) is 12.1. The fraction of sp³-hybridized carbons (Fsp3) is 0.429. The maximum absolute atomic E-state index is 12.8. The molecule has 2 aliphatic rings. The maximum atomic E-state index is 12.8. The van der Waals surface area contributed by atoms with E-state index in [0.717, 1.165) is 37.7 Å². The van der Waals surface area contributed by atoms with Gasteiger partial charge in [-0.1, -0.05) is 23.9 Å². The van der Waals surface area contributed by atoms with Crippen LogP contribution in [0, 0.1) is 0 Å². The van der Waals surface area contributed by atoms with Gasteiger partial charge in [-0.15, -0.1) is 0 Å². The van der Waals surface area contributed by atoms with Crippen molar-refractivity contribution >= 4 is 27.6 Å². The van der Waals surface area contributed by atoms with E-state index < -0.39 is 10.0 Å². The molecule has 0 bridgehead atoms. The normalized spacial score (nSPS) is 18.2. The standard InChI is InChI=1S/C21H24N2O3S2/c1-15(21(24)18-8-7-16-5-4-6-17(16)13-18)27-20-10-9-19(14-22-20)28(25,26)23-11-2-3-12-23/h7-10,13-15H,2-6,11-12H2,1H3/t15-/m0/s1. The molecular weight excluding hydrogens is 392 g/mol. The van der Waals surface area contributed by atoms with Crippen LogP contribution in [0.3, 0.4) is 0 Å². The quantitative estimate of drug-likeness (QED) is 0.530. The lowest BCUT2D eigenvalue weighted by atomic mass is 10.0. The summed E-state index contributed by atoms with van der Waals surface area (Å²) in [7, 11) is -3.45. The minimum Gasteiger partial charge on any atom is -0.293 e. The Morgan fingerprint density at radius 1 is 1.07 bits per heavy atom. The van der Waals surface area contributed by atoms with E-state index in [2.05, 4.69) is 11.1 Å². The molecule has 0 N–H and O–H groups in total. The highest BCUT2D eigenvalue weighted by atomic mass is 32.2. The van der Waals surface area contributed by atoms with Gasteiger partial charge in [0, 0.05) is 24.8 Å². The van der Waals surface area contributed by atoms with Gasteiger partial charge in [-0.2, -0.15) is 4.31 Å². The van der Waals surface area contributed by atoms with Gasteiger partial charge in [-0.25, -0.2) is 13.4 Å². The van der Waals surface area contributed by atoms with Crippen molar-refractivity contribution in [1.29, 1.82) is 0 Å². The Hall–Kier alpha value is -1.70. The van der Waals surface area contributed by atoms with Crippen molar-refractivity contribution in [1.82, 2.24) is 9.29 Å². The Bertz CT molecular complexity index is 981. The first-order valence-electron chi connectivity index (χ1n) is 9.74. The summed E-state index contributed by atoms with van der Waals surface area (Å²) in [6, 6.07) is 9.31. The lowest BCUT2D eigenvalue weighted by Crippen LogP contribution is -2.27. The summed E-state index contributed by atoms with van der Waals surface area (Å²) in [4.78, 5) is 17.3. The number of aryl methyl sites for hydroxylation is 2. The summed E-state index contributed by atoms with van der Waals surface area (Å²) in [6.45, 7) is 3.02. The largest absolute Gasteiger partial charge is 0.293 e. The third kappa shape index (κ3) is 3.88. The monoisotopic (exact) mass is 416 g/mol. The van der Waals surface area contributed by atoms with Crippen molar-refractivity contribution in [2.75, 3.05) is 13.1 Å². The average molecular weight is 417 g/mol. The summed E-state index contributed by atoms with van der Waals surface area (Å²) in [5, 5.41) is 0.371. The molecule has 0 spiro atoms. The van der Waals surface area contributed by atoms with Crippen LogP contribution in [0.4, 0.5) is 0 Å². The molecule has 7 heteroatoms. The van der Waals surface area contributed by atoms with E-state index in [0.29, 0.717) is 18.1 Å². The molecule has 148 valence electrons. The van der Waals surface area contributed by atoms with Crippen molar-refractivity contribution in [3.8, 4) is 0 Å². The lowest BCUT2D eigenvalue weighted by Gasteiger charge is -2.15. The summed E-state index contributed by atoms with van der Waals surface area (Å²) in [5.41, 5.74) is 3.39. The number of sulfonamides is 1. The van der Waals surface area contributed by atoms with Crippen LogP contribution in [0.2, 0.25) is 0 Å². The van der Waals surface area contributed by atoms with Crippen LogP contribution in [0.1, 0.15) is 47.7 Å². The zero-order chi connectivity index (χ0) is 19.7. The number of thioether (sulfide) groups is 1. The molecule has 1 aromatic heterocycles. The molecule has 4 rings (SSSR count). The molecule has 2 heterocycles. The predicted molar refractivity (Wildman–Crippen MR) is 110 cm³/mol. The minimum absolute atomic E-state index is 0.0789. The zero-order valence-electron chi connectivity index (χ0n) is 15.9. The van der Waals surface area contributed by atoms with E-state index in [1.165, 1.54) is 33.4 Å². The molecule has 1 aliphatic carbocycles. The fourth-order valence-electron chi connectivity index (χ4n) is 3.86. The van der Waals surface area contributed by atoms with Crippen molar-refractivity contribution in [2.45, 2.75) is 54.2 Å². The topological polar surface area (TPSA) is 67.3 Å². The van der Waals surface area contributed by atoms with Crippen LogP contribution in [-0.2, 0) is 22.9 Å². The second-order valence-corrected chi connectivity index (χ2v) is 10.7. The summed E-state index contributed by atoms with van der Waals surface area (Å²) in [5.74, 6) is 0.0789. The first-order chi connectivity index (χ1) is 13.4. The van der Waals surface area contributed by atoms with Gasteiger partial charge in [0.25, 0.3) is 0 Å². The second kappa shape index (κ2) is 7.97. The van der Waals surface area contributed by atoms with Crippen LogP contribution >= 0.6 is 11.8 Å². The number of fused-ring (bicyclic) bond motifs is 1. The van der Waals surface area contributed by atoms with E-state index in [1.54, 1.807) is 12.1 Å². The molecule has 1 aromatic carbocycles. The molecule has 1 saturated heterocycles. The second-order valence-electron chi connectivity index (χ2n) is 7.40. The highest BCUT2D eigenvalue weighted by molar-refractivity contribution is 8.00. The number of carbonyl (C=O) groups excluding carboxylic acids is 1. The van der Waals surface area contributed by atoms with Gasteiger partial charge >= 0.3 is 0 Å². The Kier molecular flexibility index (Phi) is 5.58. The molecule has 0 unspecified atom stereocenters. The average Bonchev–Trinajstić information content (AvgIpc) is 3.39. The SMILES string of the molecule is C[C@H](Sc1ccc(S(=O)(=O)N2CCCC2)cn1)C(=O)c1ccc2c(c1)CCC2. The van der Waals surface area contributed by atoms with Crippen LogP contribution in [0.25, 0.3) is 0 Å². The van der Waals surface area contributed by atoms with Gasteiger partial charge in [-0.05, 0) is 68.4 Å². The van der Waals surface area contributed by atoms with Gasteiger partial charge in [-0.3, -0.25) is 4.79 Å². The Labute approximate surface area is 170 Å². The summed E-state index contributed by atoms with van der Waals surface area (Å²) in [6.07, 6.45) is 6.53. The summed E-state index contributed by atoms with van der Waals surface area (Å²) >= 11 is 1.36. The highest BCUT2D eigenvalue weighted by Crippen LogP contribution is 2.28. The molecular formula is C21H24N2O3S2. The summed E-state index contributed by atoms with van der Waals surface area (Å²) < 4.78 is 26.7. The van der Waals surface area contributed by atoms with E-state index in [9.17, 15) is 13.2 Å². The fourth-order valence-corrected chi connectivity index (χ4v) is 6.19. The Balaban J connectivity index is 1.44. The number of benzene rings is 1. The molecule has 28 heavy (non-hydrogen) atoms. The third-order valence-electron chi connectivity index (χ3n) is 5.46.